The molecule has 23 heavy (non-hydrogen) atoms. The zero-order valence-corrected chi connectivity index (χ0v) is 14.0. The van der Waals surface area contributed by atoms with Crippen LogP contribution in [0.1, 0.15) is 12.8 Å². The molecule has 1 fully saturated rings. The highest BCUT2D eigenvalue weighted by Gasteiger charge is 2.46. The fourth-order valence-electron chi connectivity index (χ4n) is 2.75. The molecule has 0 aromatic heterocycles. The third-order valence-corrected chi connectivity index (χ3v) is 5.76. The van der Waals surface area contributed by atoms with Crippen molar-refractivity contribution in [2.45, 2.75) is 23.2 Å². The first-order valence-electron chi connectivity index (χ1n) is 7.42. The van der Waals surface area contributed by atoms with Gasteiger partial charge in [0.25, 0.3) is 9.84 Å². The number of anilines is 1. The first-order chi connectivity index (χ1) is 10.6. The van der Waals surface area contributed by atoms with Crippen LogP contribution >= 0.6 is 0 Å². The summed E-state index contributed by atoms with van der Waals surface area (Å²) < 4.78 is 60.2. The Hall–Kier alpha value is -1.28. The maximum Gasteiger partial charge on any atom is 0.501 e. The van der Waals surface area contributed by atoms with E-state index in [0.717, 1.165) is 44.6 Å². The van der Waals surface area contributed by atoms with E-state index in [1.54, 1.807) is 0 Å². The highest BCUT2D eigenvalue weighted by Crippen LogP contribution is 2.31. The van der Waals surface area contributed by atoms with Crippen LogP contribution in [0, 0.1) is 5.92 Å². The second-order valence-electron chi connectivity index (χ2n) is 6.07. The topological polar surface area (TPSA) is 40.6 Å². The van der Waals surface area contributed by atoms with E-state index in [-0.39, 0.29) is 0 Å². The molecular formula is C15H21F3N2O2S. The van der Waals surface area contributed by atoms with Crippen LogP contribution in [0.15, 0.2) is 29.2 Å². The molecule has 8 heteroatoms. The number of nitrogens with zero attached hydrogens (tertiary/aromatic N) is 2. The molecule has 0 aliphatic carbocycles. The number of piperidine rings is 1. The molecule has 1 saturated heterocycles. The van der Waals surface area contributed by atoms with Gasteiger partial charge in [0, 0.05) is 19.3 Å². The smallest absolute Gasteiger partial charge is 0.374 e. The van der Waals surface area contributed by atoms with Crippen molar-refractivity contribution in [3.63, 3.8) is 0 Å². The van der Waals surface area contributed by atoms with E-state index >= 15 is 0 Å². The first kappa shape index (κ1) is 18.1. The van der Waals surface area contributed by atoms with Crippen LogP contribution in [-0.2, 0) is 9.84 Å². The van der Waals surface area contributed by atoms with Crippen LogP contribution in [-0.4, -0.2) is 52.6 Å². The van der Waals surface area contributed by atoms with Gasteiger partial charge in [-0.1, -0.05) is 0 Å². The van der Waals surface area contributed by atoms with Gasteiger partial charge in [-0.3, -0.25) is 0 Å². The Morgan fingerprint density at radius 2 is 1.70 bits per heavy atom. The molecule has 0 N–H and O–H groups in total. The second-order valence-corrected chi connectivity index (χ2v) is 8.01. The van der Waals surface area contributed by atoms with Crippen molar-refractivity contribution in [3.8, 4) is 0 Å². The number of sulfone groups is 1. The fraction of sp³-hybridized carbons (Fsp3) is 0.600. The summed E-state index contributed by atoms with van der Waals surface area (Å²) in [6, 6.07) is 4.88. The lowest BCUT2D eigenvalue weighted by Crippen LogP contribution is -2.35. The Bertz CT molecular complexity index is 621. The number of rotatable bonds is 4. The van der Waals surface area contributed by atoms with E-state index in [4.69, 9.17) is 0 Å². The third-order valence-electron chi connectivity index (χ3n) is 4.26. The summed E-state index contributed by atoms with van der Waals surface area (Å²) in [5.74, 6) is 0.537. The predicted octanol–water partition coefficient (Wildman–Crippen LogP) is 2.76. The van der Waals surface area contributed by atoms with Crippen molar-refractivity contribution >= 4 is 15.5 Å². The van der Waals surface area contributed by atoms with Gasteiger partial charge in [-0.2, -0.15) is 13.2 Å². The fourth-order valence-corrected chi connectivity index (χ4v) is 3.51. The number of hydrogen-bond acceptors (Lipinski definition) is 4. The summed E-state index contributed by atoms with van der Waals surface area (Å²) in [5.41, 5.74) is -4.56. The first-order valence-corrected chi connectivity index (χ1v) is 8.90. The number of alkyl halides is 3. The Balaban J connectivity index is 2.05. The van der Waals surface area contributed by atoms with Crippen LogP contribution < -0.4 is 4.90 Å². The van der Waals surface area contributed by atoms with Gasteiger partial charge in [0.1, 0.15) is 0 Å². The largest absolute Gasteiger partial charge is 0.501 e. The standard InChI is InChI=1S/C15H21F3N2O2S/c1-19-9-7-12(8-10-19)11-20(2)13-3-5-14(6-4-13)23(21,22)15(16,17)18/h3-6,12H,7-11H2,1-2H3. The molecule has 1 aromatic rings. The van der Waals surface area contributed by atoms with Gasteiger partial charge in [-0.25, -0.2) is 8.42 Å². The molecule has 130 valence electrons. The lowest BCUT2D eigenvalue weighted by atomic mass is 9.96. The molecule has 1 heterocycles. The van der Waals surface area contributed by atoms with E-state index in [1.165, 1.54) is 12.1 Å². The van der Waals surface area contributed by atoms with E-state index in [9.17, 15) is 21.6 Å². The zero-order valence-electron chi connectivity index (χ0n) is 13.2. The minimum absolute atomic E-state index is 0.537. The molecule has 1 aliphatic rings. The lowest BCUT2D eigenvalue weighted by molar-refractivity contribution is -0.0436. The van der Waals surface area contributed by atoms with Gasteiger partial charge < -0.3 is 9.80 Å². The van der Waals surface area contributed by atoms with Crippen molar-refractivity contribution < 1.29 is 21.6 Å². The minimum atomic E-state index is -5.28. The van der Waals surface area contributed by atoms with Crippen molar-refractivity contribution in [3.05, 3.63) is 24.3 Å². The third kappa shape index (κ3) is 4.17. The zero-order chi connectivity index (χ0) is 17.3. The molecule has 4 nitrogen and oxygen atoms in total. The van der Waals surface area contributed by atoms with E-state index < -0.39 is 20.2 Å². The van der Waals surface area contributed by atoms with Gasteiger partial charge >= 0.3 is 5.51 Å². The molecule has 1 aromatic carbocycles. The highest BCUT2D eigenvalue weighted by molar-refractivity contribution is 7.92. The quantitative estimate of drug-likeness (QED) is 0.837. The summed E-state index contributed by atoms with van der Waals surface area (Å²) in [5, 5.41) is 0. The summed E-state index contributed by atoms with van der Waals surface area (Å²) >= 11 is 0. The van der Waals surface area contributed by atoms with Gasteiger partial charge in [0.15, 0.2) is 0 Å². The highest BCUT2D eigenvalue weighted by atomic mass is 32.2. The number of likely N-dealkylation sites (tertiary alicyclic amines) is 1. The molecule has 0 bridgehead atoms. The van der Waals surface area contributed by atoms with E-state index in [2.05, 4.69) is 11.9 Å². The summed E-state index contributed by atoms with van der Waals surface area (Å²) in [6.07, 6.45) is 2.17. The summed E-state index contributed by atoms with van der Waals surface area (Å²) in [7, 11) is -1.33. The van der Waals surface area contributed by atoms with Crippen molar-refractivity contribution in [1.29, 1.82) is 0 Å². The van der Waals surface area contributed by atoms with Crippen LogP contribution in [0.25, 0.3) is 0 Å². The van der Waals surface area contributed by atoms with E-state index in [1.807, 2.05) is 11.9 Å². The number of benzene rings is 1. The maximum absolute atomic E-state index is 12.5. The molecule has 0 amide bonds. The predicted molar refractivity (Wildman–Crippen MR) is 83.2 cm³/mol. The SMILES string of the molecule is CN1CCC(CN(C)c2ccc(S(=O)(=O)C(F)(F)F)cc2)CC1. The molecule has 0 unspecified atom stereocenters. The van der Waals surface area contributed by atoms with Crippen molar-refractivity contribution in [2.75, 3.05) is 38.6 Å². The number of halogens is 3. The maximum atomic E-state index is 12.5. The van der Waals surface area contributed by atoms with Crippen molar-refractivity contribution in [2.24, 2.45) is 5.92 Å². The van der Waals surface area contributed by atoms with Crippen LogP contribution in [0.4, 0.5) is 18.9 Å². The molecular weight excluding hydrogens is 329 g/mol. The Morgan fingerprint density at radius 1 is 1.17 bits per heavy atom. The van der Waals surface area contributed by atoms with Crippen LogP contribution in [0.5, 0.6) is 0 Å². The normalized spacial score (nSPS) is 18.1. The molecule has 0 spiro atoms. The van der Waals surface area contributed by atoms with Gasteiger partial charge in [0.2, 0.25) is 0 Å². The molecule has 2 rings (SSSR count). The monoisotopic (exact) mass is 350 g/mol. The van der Waals surface area contributed by atoms with Crippen LogP contribution in [0.2, 0.25) is 0 Å². The number of hydrogen-bond donors (Lipinski definition) is 0. The molecule has 0 saturated carbocycles. The molecule has 0 atom stereocenters. The van der Waals surface area contributed by atoms with Crippen LogP contribution in [0.3, 0.4) is 0 Å². The van der Waals surface area contributed by atoms with Gasteiger partial charge in [-0.15, -0.1) is 0 Å². The Morgan fingerprint density at radius 3 is 2.17 bits per heavy atom. The average molecular weight is 350 g/mol. The van der Waals surface area contributed by atoms with Gasteiger partial charge in [-0.05, 0) is 63.2 Å². The van der Waals surface area contributed by atoms with Crippen molar-refractivity contribution in [1.82, 2.24) is 4.90 Å². The van der Waals surface area contributed by atoms with E-state index in [0.29, 0.717) is 11.6 Å². The Labute approximate surface area is 134 Å². The average Bonchev–Trinajstić information content (AvgIpc) is 2.48. The summed E-state index contributed by atoms with van der Waals surface area (Å²) in [4.78, 5) is 3.51. The Kier molecular flexibility index (Phi) is 5.25. The second kappa shape index (κ2) is 6.68. The lowest BCUT2D eigenvalue weighted by Gasteiger charge is -2.32. The molecule has 0 radical (unpaired) electrons. The molecule has 1 aliphatic heterocycles. The minimum Gasteiger partial charge on any atom is -0.374 e. The van der Waals surface area contributed by atoms with Gasteiger partial charge in [0.05, 0.1) is 4.90 Å². The summed E-state index contributed by atoms with van der Waals surface area (Å²) in [6.45, 7) is 2.89.